The van der Waals surface area contributed by atoms with Crippen LogP contribution in [0.4, 0.5) is 5.69 Å². The maximum Gasteiger partial charge on any atom is 0.0374 e. The molecule has 19 heavy (non-hydrogen) atoms. The van der Waals surface area contributed by atoms with Crippen molar-refractivity contribution in [2.45, 2.75) is 64.8 Å². The molecule has 104 valence electrons. The molecule has 3 unspecified atom stereocenters. The van der Waals surface area contributed by atoms with Crippen molar-refractivity contribution in [2.75, 3.05) is 5.32 Å². The largest absolute Gasteiger partial charge is 0.382 e. The van der Waals surface area contributed by atoms with E-state index in [0.29, 0.717) is 6.04 Å². The van der Waals surface area contributed by atoms with Crippen LogP contribution in [0.2, 0.25) is 0 Å². The molecule has 2 aliphatic rings. The van der Waals surface area contributed by atoms with Crippen molar-refractivity contribution in [3.8, 4) is 0 Å². The van der Waals surface area contributed by atoms with E-state index < -0.39 is 0 Å². The van der Waals surface area contributed by atoms with E-state index >= 15 is 0 Å². The molecule has 1 heteroatoms. The van der Waals surface area contributed by atoms with Crippen LogP contribution >= 0.6 is 0 Å². The lowest BCUT2D eigenvalue weighted by Gasteiger charge is -2.33. The summed E-state index contributed by atoms with van der Waals surface area (Å²) in [7, 11) is 0. The lowest BCUT2D eigenvalue weighted by molar-refractivity contribution is 0.268. The number of benzene rings is 1. The lowest BCUT2D eigenvalue weighted by atomic mass is 9.73. The van der Waals surface area contributed by atoms with Crippen LogP contribution in [-0.2, 0) is 6.42 Å². The highest BCUT2D eigenvalue weighted by Gasteiger charge is 2.26. The first kappa shape index (κ1) is 13.0. The van der Waals surface area contributed by atoms with Gasteiger partial charge in [-0.3, -0.25) is 0 Å². The predicted molar refractivity (Wildman–Crippen MR) is 82.8 cm³/mol. The summed E-state index contributed by atoms with van der Waals surface area (Å²) in [5.74, 6) is 2.58. The van der Waals surface area contributed by atoms with Gasteiger partial charge in [-0.2, -0.15) is 0 Å². The Bertz CT molecular complexity index is 441. The quantitative estimate of drug-likeness (QED) is 0.748. The number of anilines is 1. The summed E-state index contributed by atoms with van der Waals surface area (Å²) in [6, 6.07) is 7.82. The Morgan fingerprint density at radius 3 is 2.47 bits per heavy atom. The summed E-state index contributed by atoms with van der Waals surface area (Å²) < 4.78 is 0. The fourth-order valence-corrected chi connectivity index (χ4v) is 4.14. The molecule has 1 aliphatic carbocycles. The maximum atomic E-state index is 3.61. The highest BCUT2D eigenvalue weighted by atomic mass is 14.9. The van der Waals surface area contributed by atoms with Crippen LogP contribution in [0.25, 0.3) is 0 Å². The molecule has 0 amide bonds. The number of rotatable bonds is 1. The van der Waals surface area contributed by atoms with Gasteiger partial charge in [0, 0.05) is 11.7 Å². The van der Waals surface area contributed by atoms with Crippen molar-refractivity contribution in [2.24, 2.45) is 11.8 Å². The minimum absolute atomic E-state index is 0.632. The van der Waals surface area contributed by atoms with E-state index in [9.17, 15) is 0 Å². The number of fused-ring (bicyclic) bond motifs is 1. The van der Waals surface area contributed by atoms with Crippen molar-refractivity contribution in [1.29, 1.82) is 0 Å². The van der Waals surface area contributed by atoms with E-state index in [4.69, 9.17) is 0 Å². The molecule has 3 rings (SSSR count). The van der Waals surface area contributed by atoms with E-state index in [2.05, 4.69) is 44.3 Å². The SMILES string of the molecule is CC1CC(C)CC(c2ccc3c(c2)CCC(C)N3)C1. The van der Waals surface area contributed by atoms with E-state index in [-0.39, 0.29) is 0 Å². The highest BCUT2D eigenvalue weighted by Crippen LogP contribution is 2.40. The minimum atomic E-state index is 0.632. The van der Waals surface area contributed by atoms with Crippen LogP contribution in [0.1, 0.15) is 63.5 Å². The monoisotopic (exact) mass is 257 g/mol. The van der Waals surface area contributed by atoms with Gasteiger partial charge in [0.1, 0.15) is 0 Å². The van der Waals surface area contributed by atoms with Gasteiger partial charge in [0.05, 0.1) is 0 Å². The number of hydrogen-bond donors (Lipinski definition) is 1. The summed E-state index contributed by atoms with van der Waals surface area (Å²) in [4.78, 5) is 0. The molecular weight excluding hydrogens is 230 g/mol. The van der Waals surface area contributed by atoms with Crippen molar-refractivity contribution in [3.63, 3.8) is 0 Å². The molecule has 0 radical (unpaired) electrons. The van der Waals surface area contributed by atoms with Crippen LogP contribution in [0, 0.1) is 11.8 Å². The summed E-state index contributed by atoms with van der Waals surface area (Å²) in [5, 5.41) is 3.61. The molecule has 1 aromatic rings. The third kappa shape index (κ3) is 2.80. The molecule has 1 aromatic carbocycles. The first-order valence-corrected chi connectivity index (χ1v) is 8.01. The van der Waals surface area contributed by atoms with Crippen LogP contribution in [-0.4, -0.2) is 6.04 Å². The zero-order valence-corrected chi connectivity index (χ0v) is 12.6. The Hall–Kier alpha value is -0.980. The first-order chi connectivity index (χ1) is 9.11. The Morgan fingerprint density at radius 2 is 1.74 bits per heavy atom. The average molecular weight is 257 g/mol. The van der Waals surface area contributed by atoms with E-state index in [1.807, 2.05) is 0 Å². The second-order valence-electron chi connectivity index (χ2n) is 7.12. The third-order valence-electron chi connectivity index (χ3n) is 5.03. The lowest BCUT2D eigenvalue weighted by Crippen LogP contribution is -2.22. The van der Waals surface area contributed by atoms with Gasteiger partial charge >= 0.3 is 0 Å². The Morgan fingerprint density at radius 1 is 1.00 bits per heavy atom. The van der Waals surface area contributed by atoms with Gasteiger partial charge in [-0.05, 0) is 74.0 Å². The fourth-order valence-electron chi connectivity index (χ4n) is 4.14. The average Bonchev–Trinajstić information content (AvgIpc) is 2.37. The number of aryl methyl sites for hydroxylation is 1. The summed E-state index contributed by atoms with van der Waals surface area (Å²) in [6.45, 7) is 7.12. The summed E-state index contributed by atoms with van der Waals surface area (Å²) >= 11 is 0. The van der Waals surface area contributed by atoms with Crippen LogP contribution in [0.3, 0.4) is 0 Å². The molecule has 1 heterocycles. The molecular formula is C18H27N. The van der Waals surface area contributed by atoms with Crippen molar-refractivity contribution in [3.05, 3.63) is 29.3 Å². The van der Waals surface area contributed by atoms with Gasteiger partial charge in [0.15, 0.2) is 0 Å². The van der Waals surface area contributed by atoms with Crippen molar-refractivity contribution >= 4 is 5.69 Å². The Labute approximate surface area is 117 Å². The number of nitrogens with one attached hydrogen (secondary N) is 1. The normalized spacial score (nSPS) is 34.5. The second kappa shape index (κ2) is 5.19. The van der Waals surface area contributed by atoms with Crippen molar-refractivity contribution < 1.29 is 0 Å². The summed E-state index contributed by atoms with van der Waals surface area (Å²) in [6.07, 6.45) is 6.70. The zero-order valence-electron chi connectivity index (χ0n) is 12.6. The number of hydrogen-bond acceptors (Lipinski definition) is 1. The van der Waals surface area contributed by atoms with Gasteiger partial charge in [0.2, 0.25) is 0 Å². The highest BCUT2D eigenvalue weighted by molar-refractivity contribution is 5.55. The smallest absolute Gasteiger partial charge is 0.0374 e. The maximum absolute atomic E-state index is 3.61. The van der Waals surface area contributed by atoms with Crippen LogP contribution in [0.15, 0.2) is 18.2 Å². The molecule has 1 fully saturated rings. The Kier molecular flexibility index (Phi) is 3.56. The third-order valence-corrected chi connectivity index (χ3v) is 5.03. The molecule has 1 N–H and O–H groups in total. The fraction of sp³-hybridized carbons (Fsp3) is 0.667. The van der Waals surface area contributed by atoms with Gasteiger partial charge < -0.3 is 5.32 Å². The first-order valence-electron chi connectivity index (χ1n) is 8.01. The van der Waals surface area contributed by atoms with Crippen molar-refractivity contribution in [1.82, 2.24) is 0 Å². The molecule has 1 aliphatic heterocycles. The van der Waals surface area contributed by atoms with Gasteiger partial charge in [0.25, 0.3) is 0 Å². The van der Waals surface area contributed by atoms with E-state index in [0.717, 1.165) is 17.8 Å². The van der Waals surface area contributed by atoms with Gasteiger partial charge in [-0.15, -0.1) is 0 Å². The summed E-state index contributed by atoms with van der Waals surface area (Å²) in [5.41, 5.74) is 4.51. The topological polar surface area (TPSA) is 12.0 Å². The Balaban J connectivity index is 1.82. The van der Waals surface area contributed by atoms with Crippen LogP contribution < -0.4 is 5.32 Å². The zero-order chi connectivity index (χ0) is 13.4. The van der Waals surface area contributed by atoms with E-state index in [1.54, 1.807) is 11.1 Å². The molecule has 1 nitrogen and oxygen atoms in total. The standard InChI is InChI=1S/C18H27N/c1-12-8-13(2)10-17(9-12)15-6-7-18-16(11-15)5-4-14(3)19-18/h6-7,11-14,17,19H,4-5,8-10H2,1-3H3. The second-order valence-corrected chi connectivity index (χ2v) is 7.12. The predicted octanol–water partition coefficient (Wildman–Crippen LogP) is 4.97. The van der Waals surface area contributed by atoms with Gasteiger partial charge in [-0.1, -0.05) is 26.0 Å². The molecule has 0 spiro atoms. The minimum Gasteiger partial charge on any atom is -0.382 e. The molecule has 0 aromatic heterocycles. The molecule has 1 saturated carbocycles. The van der Waals surface area contributed by atoms with Crippen LogP contribution in [0.5, 0.6) is 0 Å². The molecule has 0 saturated heterocycles. The molecule has 3 atom stereocenters. The van der Waals surface area contributed by atoms with E-state index in [1.165, 1.54) is 37.8 Å². The molecule has 0 bridgehead atoms. The van der Waals surface area contributed by atoms with Gasteiger partial charge in [-0.25, -0.2) is 0 Å².